The normalized spacial score (nSPS) is 25.5. The number of methoxy groups -OCH3 is 2. The van der Waals surface area contributed by atoms with Crippen molar-refractivity contribution in [2.24, 2.45) is 17.1 Å². The molecule has 1 heterocycles. The Morgan fingerprint density at radius 1 is 1.35 bits per heavy atom. The lowest BCUT2D eigenvalue weighted by atomic mass is 10.0. The van der Waals surface area contributed by atoms with Crippen molar-refractivity contribution in [1.29, 1.82) is 0 Å². The highest BCUT2D eigenvalue weighted by Crippen LogP contribution is 2.65. The maximum atomic E-state index is 5.81. The molecule has 1 saturated carbocycles. The number of nitrogens with zero attached hydrogens (tertiary/aromatic N) is 1. The van der Waals surface area contributed by atoms with Crippen LogP contribution >= 0.6 is 0 Å². The molecule has 0 radical (unpaired) electrons. The monoisotopic (exact) mass is 236 g/mol. The van der Waals surface area contributed by atoms with Crippen LogP contribution in [0.25, 0.3) is 0 Å². The average Bonchev–Trinajstić information content (AvgIpc) is 2.89. The summed E-state index contributed by atoms with van der Waals surface area (Å²) in [5, 5.41) is 0. The van der Waals surface area contributed by atoms with Crippen LogP contribution in [-0.2, 0) is 0 Å². The molecule has 0 unspecified atom stereocenters. The van der Waals surface area contributed by atoms with Crippen molar-refractivity contribution in [2.75, 3.05) is 20.8 Å². The number of aromatic nitrogens is 1. The molecular weight excluding hydrogens is 216 g/mol. The van der Waals surface area contributed by atoms with Gasteiger partial charge in [0.05, 0.1) is 20.4 Å². The lowest BCUT2D eigenvalue weighted by Gasteiger charge is -2.10. The highest BCUT2D eigenvalue weighted by Gasteiger charge is 2.58. The van der Waals surface area contributed by atoms with Gasteiger partial charge in [-0.15, -0.1) is 0 Å². The van der Waals surface area contributed by atoms with Gasteiger partial charge in [-0.2, -0.15) is 0 Å². The molecule has 0 aliphatic heterocycles. The van der Waals surface area contributed by atoms with E-state index in [4.69, 9.17) is 15.2 Å². The molecule has 1 aliphatic rings. The highest BCUT2D eigenvalue weighted by atomic mass is 16.5. The van der Waals surface area contributed by atoms with Crippen LogP contribution in [0.3, 0.4) is 0 Å². The molecule has 0 saturated heterocycles. The summed E-state index contributed by atoms with van der Waals surface area (Å²) in [5.74, 6) is 2.38. The maximum Gasteiger partial charge on any atom is 0.213 e. The van der Waals surface area contributed by atoms with Crippen LogP contribution in [0.15, 0.2) is 12.3 Å². The van der Waals surface area contributed by atoms with Gasteiger partial charge < -0.3 is 15.2 Å². The average molecular weight is 236 g/mol. The standard InChI is InChI=1S/C13H20N2O2/c1-13(2)9(6-14)12(13)8-5-11(17-4)15-7-10(8)16-3/h5,7,9,12H,6,14H2,1-4H3/t9-,12-/m0/s1. The highest BCUT2D eigenvalue weighted by molar-refractivity contribution is 5.43. The van der Waals surface area contributed by atoms with Crippen LogP contribution in [0.5, 0.6) is 11.6 Å². The molecule has 17 heavy (non-hydrogen) atoms. The van der Waals surface area contributed by atoms with Crippen LogP contribution in [0, 0.1) is 11.3 Å². The molecule has 1 aromatic heterocycles. The fourth-order valence-electron chi connectivity index (χ4n) is 2.76. The van der Waals surface area contributed by atoms with Gasteiger partial charge in [0.15, 0.2) is 0 Å². The van der Waals surface area contributed by atoms with Crippen LogP contribution < -0.4 is 15.2 Å². The quantitative estimate of drug-likeness (QED) is 0.866. The van der Waals surface area contributed by atoms with Crippen molar-refractivity contribution in [2.45, 2.75) is 19.8 Å². The Morgan fingerprint density at radius 2 is 2.06 bits per heavy atom. The molecule has 4 heteroatoms. The maximum absolute atomic E-state index is 5.81. The Labute approximate surface area is 102 Å². The van der Waals surface area contributed by atoms with Crippen molar-refractivity contribution >= 4 is 0 Å². The second-order valence-electron chi connectivity index (χ2n) is 5.11. The van der Waals surface area contributed by atoms with Crippen LogP contribution in [0.2, 0.25) is 0 Å². The van der Waals surface area contributed by atoms with Crippen LogP contribution in [0.4, 0.5) is 0 Å². The van der Waals surface area contributed by atoms with E-state index in [-0.39, 0.29) is 5.41 Å². The molecule has 1 aromatic rings. The Hall–Kier alpha value is -1.29. The predicted octanol–water partition coefficient (Wildman–Crippen LogP) is 1.80. The number of hydrogen-bond donors (Lipinski definition) is 1. The zero-order valence-corrected chi connectivity index (χ0v) is 10.9. The summed E-state index contributed by atoms with van der Waals surface area (Å²) in [5.41, 5.74) is 7.19. The smallest absolute Gasteiger partial charge is 0.213 e. The molecule has 0 aromatic carbocycles. The molecule has 4 nitrogen and oxygen atoms in total. The molecule has 1 aliphatic carbocycles. The van der Waals surface area contributed by atoms with E-state index in [2.05, 4.69) is 18.8 Å². The molecule has 2 rings (SSSR count). The van der Waals surface area contributed by atoms with E-state index in [1.165, 1.54) is 0 Å². The Morgan fingerprint density at radius 3 is 2.53 bits per heavy atom. The third-order valence-electron chi connectivity index (χ3n) is 3.94. The molecule has 2 atom stereocenters. The first-order chi connectivity index (χ1) is 8.06. The SMILES string of the molecule is COc1cc([C@H]2[C@H](CN)C2(C)C)c(OC)cn1. The Bertz CT molecular complexity index is 418. The molecule has 2 N–H and O–H groups in total. The van der Waals surface area contributed by atoms with Gasteiger partial charge in [-0.3, -0.25) is 0 Å². The van der Waals surface area contributed by atoms with Gasteiger partial charge in [0, 0.05) is 11.6 Å². The molecule has 0 amide bonds. The van der Waals surface area contributed by atoms with E-state index in [1.54, 1.807) is 20.4 Å². The first kappa shape index (κ1) is 12.2. The zero-order chi connectivity index (χ0) is 12.6. The van der Waals surface area contributed by atoms with Gasteiger partial charge in [0.25, 0.3) is 0 Å². The van der Waals surface area contributed by atoms with E-state index in [0.717, 1.165) is 11.3 Å². The van der Waals surface area contributed by atoms with Crippen molar-refractivity contribution in [3.63, 3.8) is 0 Å². The van der Waals surface area contributed by atoms with E-state index in [0.29, 0.717) is 24.3 Å². The topological polar surface area (TPSA) is 57.4 Å². The lowest BCUT2D eigenvalue weighted by Crippen LogP contribution is -2.05. The predicted molar refractivity (Wildman–Crippen MR) is 66.4 cm³/mol. The summed E-state index contributed by atoms with van der Waals surface area (Å²) in [6.07, 6.45) is 1.72. The summed E-state index contributed by atoms with van der Waals surface area (Å²) < 4.78 is 10.5. The Kier molecular flexibility index (Phi) is 3.00. The molecule has 94 valence electrons. The third-order valence-corrected chi connectivity index (χ3v) is 3.94. The van der Waals surface area contributed by atoms with Crippen molar-refractivity contribution in [3.05, 3.63) is 17.8 Å². The molecular formula is C13H20N2O2. The number of hydrogen-bond acceptors (Lipinski definition) is 4. The summed E-state index contributed by atoms with van der Waals surface area (Å²) in [7, 11) is 3.29. The second-order valence-corrected chi connectivity index (χ2v) is 5.11. The van der Waals surface area contributed by atoms with Gasteiger partial charge in [0.1, 0.15) is 5.75 Å². The van der Waals surface area contributed by atoms with Crippen molar-refractivity contribution in [3.8, 4) is 11.6 Å². The number of pyridine rings is 1. The fraction of sp³-hybridized carbons (Fsp3) is 0.615. The fourth-order valence-corrected chi connectivity index (χ4v) is 2.76. The van der Waals surface area contributed by atoms with Gasteiger partial charge in [-0.25, -0.2) is 4.98 Å². The summed E-state index contributed by atoms with van der Waals surface area (Å²) in [6.45, 7) is 5.18. The minimum Gasteiger partial charge on any atom is -0.495 e. The molecule has 0 spiro atoms. The van der Waals surface area contributed by atoms with E-state index < -0.39 is 0 Å². The summed E-state index contributed by atoms with van der Waals surface area (Å²) in [6, 6.07) is 1.96. The van der Waals surface area contributed by atoms with Gasteiger partial charge >= 0.3 is 0 Å². The van der Waals surface area contributed by atoms with Gasteiger partial charge in [-0.05, 0) is 23.8 Å². The summed E-state index contributed by atoms with van der Waals surface area (Å²) >= 11 is 0. The summed E-state index contributed by atoms with van der Waals surface area (Å²) in [4.78, 5) is 4.16. The zero-order valence-electron chi connectivity index (χ0n) is 10.9. The minimum absolute atomic E-state index is 0.231. The number of ether oxygens (including phenoxy) is 2. The van der Waals surface area contributed by atoms with Gasteiger partial charge in [0.2, 0.25) is 5.88 Å². The van der Waals surface area contributed by atoms with E-state index in [1.807, 2.05) is 6.07 Å². The number of nitrogens with two attached hydrogens (primary N) is 1. The second kappa shape index (κ2) is 4.18. The third kappa shape index (κ3) is 1.86. The number of rotatable bonds is 4. The van der Waals surface area contributed by atoms with Crippen LogP contribution in [0.1, 0.15) is 25.3 Å². The Balaban J connectivity index is 2.38. The van der Waals surface area contributed by atoms with Gasteiger partial charge in [-0.1, -0.05) is 13.8 Å². The molecule has 0 bridgehead atoms. The van der Waals surface area contributed by atoms with Crippen molar-refractivity contribution < 1.29 is 9.47 Å². The first-order valence-corrected chi connectivity index (χ1v) is 5.84. The first-order valence-electron chi connectivity index (χ1n) is 5.84. The van der Waals surface area contributed by atoms with E-state index in [9.17, 15) is 0 Å². The van der Waals surface area contributed by atoms with Crippen molar-refractivity contribution in [1.82, 2.24) is 4.98 Å². The lowest BCUT2D eigenvalue weighted by molar-refractivity contribution is 0.383. The van der Waals surface area contributed by atoms with Crippen LogP contribution in [-0.4, -0.2) is 25.7 Å². The minimum atomic E-state index is 0.231. The molecule has 1 fully saturated rings. The largest absolute Gasteiger partial charge is 0.495 e. The van der Waals surface area contributed by atoms with E-state index >= 15 is 0 Å².